The number of nitrogens with one attached hydrogen (secondary N) is 1. The van der Waals surface area contributed by atoms with Crippen LogP contribution >= 0.6 is 11.6 Å². The van der Waals surface area contributed by atoms with Crippen LogP contribution in [-0.2, 0) is 4.74 Å². The number of aromatic nitrogens is 4. The van der Waals surface area contributed by atoms with E-state index in [2.05, 4.69) is 21.6 Å². The van der Waals surface area contributed by atoms with E-state index in [1.54, 1.807) is 6.33 Å². The third-order valence-corrected chi connectivity index (χ3v) is 5.85. The van der Waals surface area contributed by atoms with E-state index >= 15 is 0 Å². The van der Waals surface area contributed by atoms with Gasteiger partial charge in [0.25, 0.3) is 5.78 Å². The highest BCUT2D eigenvalue weighted by molar-refractivity contribution is 6.31. The number of hydrogen-bond donors (Lipinski definition) is 1. The minimum Gasteiger partial charge on any atom is -0.444 e. The molecule has 0 saturated carbocycles. The van der Waals surface area contributed by atoms with Crippen molar-refractivity contribution >= 4 is 51.6 Å². The summed E-state index contributed by atoms with van der Waals surface area (Å²) in [5.41, 5.74) is 3.98. The lowest BCUT2D eigenvalue weighted by molar-refractivity contribution is 0.0636. The fourth-order valence-electron chi connectivity index (χ4n) is 3.96. The summed E-state index contributed by atoms with van der Waals surface area (Å²) in [4.78, 5) is 18.8. The highest BCUT2D eigenvalue weighted by Gasteiger charge is 2.17. The zero-order valence-electron chi connectivity index (χ0n) is 20.4. The molecule has 8 nitrogen and oxygen atoms in total. The molecule has 36 heavy (non-hydrogen) atoms. The Bertz CT molecular complexity index is 1570. The van der Waals surface area contributed by atoms with Crippen LogP contribution in [0.1, 0.15) is 20.8 Å². The maximum Gasteiger partial charge on any atom is 0.412 e. The highest BCUT2D eigenvalue weighted by Crippen LogP contribution is 2.33. The molecule has 0 bridgehead atoms. The van der Waals surface area contributed by atoms with Crippen LogP contribution < -0.4 is 10.2 Å². The normalized spacial score (nSPS) is 11.6. The average molecular weight is 501 g/mol. The monoisotopic (exact) mass is 500 g/mol. The molecular weight excluding hydrogens is 476 g/mol. The molecule has 0 aliphatic heterocycles. The van der Waals surface area contributed by atoms with Crippen LogP contribution in [0.25, 0.3) is 27.8 Å². The molecule has 0 fully saturated rings. The number of amides is 1. The van der Waals surface area contributed by atoms with Crippen molar-refractivity contribution < 1.29 is 9.53 Å². The molecule has 0 spiro atoms. The summed E-state index contributed by atoms with van der Waals surface area (Å²) < 4.78 is 7.14. The molecule has 5 aromatic rings. The summed E-state index contributed by atoms with van der Waals surface area (Å²) in [7, 11) is 1.97. The minimum absolute atomic E-state index is 0.482. The van der Waals surface area contributed by atoms with Crippen molar-refractivity contribution in [2.75, 3.05) is 17.3 Å². The molecule has 3 aromatic carbocycles. The summed E-state index contributed by atoms with van der Waals surface area (Å²) in [6.45, 7) is 5.49. The van der Waals surface area contributed by atoms with Gasteiger partial charge in [-0.05, 0) is 74.4 Å². The zero-order valence-corrected chi connectivity index (χ0v) is 21.1. The minimum atomic E-state index is -0.554. The van der Waals surface area contributed by atoms with E-state index in [4.69, 9.17) is 21.3 Å². The first-order valence-corrected chi connectivity index (χ1v) is 11.8. The molecule has 2 aromatic heterocycles. The van der Waals surface area contributed by atoms with Gasteiger partial charge in [0.2, 0.25) is 0 Å². The van der Waals surface area contributed by atoms with Crippen molar-refractivity contribution in [1.82, 2.24) is 19.6 Å². The van der Waals surface area contributed by atoms with E-state index in [1.165, 1.54) is 0 Å². The molecule has 0 atom stereocenters. The first-order chi connectivity index (χ1) is 17.2. The van der Waals surface area contributed by atoms with Gasteiger partial charge in [0, 0.05) is 28.8 Å². The molecule has 1 N–H and O–H groups in total. The molecule has 1 amide bonds. The van der Waals surface area contributed by atoms with E-state index in [1.807, 2.05) is 97.8 Å². The Morgan fingerprint density at radius 1 is 1.03 bits per heavy atom. The molecule has 0 saturated heterocycles. The summed E-state index contributed by atoms with van der Waals surface area (Å²) in [6.07, 6.45) is 1.15. The number of halogens is 1. The number of anilines is 3. The summed E-state index contributed by atoms with van der Waals surface area (Å²) in [5.74, 6) is 1.24. The number of ether oxygens (including phenoxy) is 1. The second-order valence-corrected chi connectivity index (χ2v) is 9.85. The fraction of sp³-hybridized carbons (Fsp3) is 0.185. The quantitative estimate of drug-likeness (QED) is 0.295. The molecule has 0 aliphatic carbocycles. The molecule has 9 heteroatoms. The average Bonchev–Trinajstić information content (AvgIpc) is 3.31. The molecule has 182 valence electrons. The lowest BCUT2D eigenvalue weighted by atomic mass is 10.0. The Hall–Kier alpha value is -4.17. The number of benzene rings is 3. The van der Waals surface area contributed by atoms with Gasteiger partial charge < -0.3 is 9.64 Å². The molecule has 0 aliphatic rings. The van der Waals surface area contributed by atoms with Crippen LogP contribution in [0, 0.1) is 0 Å². The Kier molecular flexibility index (Phi) is 5.97. The number of fused-ring (bicyclic) bond motifs is 3. The maximum absolute atomic E-state index is 12.1. The third kappa shape index (κ3) is 4.81. The Balaban J connectivity index is 1.44. The fourth-order valence-corrected chi connectivity index (χ4v) is 4.13. The van der Waals surface area contributed by atoms with Crippen LogP contribution in [0.4, 0.5) is 22.0 Å². The lowest BCUT2D eigenvalue weighted by Crippen LogP contribution is -2.27. The Morgan fingerprint density at radius 3 is 2.56 bits per heavy atom. The number of nitrogens with zero attached hydrogens (tertiary/aromatic N) is 5. The SMILES string of the molecule is CN(c1cccc(-c2ccc(NC(=O)OC(C)(C)C)cc2)c1)c1nc2nncn2c2cc(Cl)ccc12. The molecule has 0 radical (unpaired) electrons. The first kappa shape index (κ1) is 23.6. The van der Waals surface area contributed by atoms with Crippen molar-refractivity contribution in [3.63, 3.8) is 0 Å². The maximum atomic E-state index is 12.1. The van der Waals surface area contributed by atoms with Crippen molar-refractivity contribution in [2.45, 2.75) is 26.4 Å². The molecule has 2 heterocycles. The van der Waals surface area contributed by atoms with E-state index in [9.17, 15) is 4.79 Å². The van der Waals surface area contributed by atoms with Crippen molar-refractivity contribution in [3.8, 4) is 11.1 Å². The highest BCUT2D eigenvalue weighted by atomic mass is 35.5. The smallest absolute Gasteiger partial charge is 0.412 e. The van der Waals surface area contributed by atoms with Gasteiger partial charge in [-0.2, -0.15) is 4.98 Å². The Morgan fingerprint density at radius 2 is 1.81 bits per heavy atom. The second kappa shape index (κ2) is 9.13. The molecule has 5 rings (SSSR count). The first-order valence-electron chi connectivity index (χ1n) is 11.4. The van der Waals surface area contributed by atoms with Gasteiger partial charge in [0.05, 0.1) is 5.52 Å². The molecular formula is C27H25ClN6O2. The number of hydrogen-bond acceptors (Lipinski definition) is 6. The Labute approximate surface area is 213 Å². The van der Waals surface area contributed by atoms with Crippen molar-refractivity contribution in [2.24, 2.45) is 0 Å². The van der Waals surface area contributed by atoms with Gasteiger partial charge in [-0.15, -0.1) is 10.2 Å². The lowest BCUT2D eigenvalue weighted by Gasteiger charge is -2.21. The van der Waals surface area contributed by atoms with Gasteiger partial charge >= 0.3 is 6.09 Å². The van der Waals surface area contributed by atoms with Crippen LogP contribution in [-0.4, -0.2) is 38.3 Å². The third-order valence-electron chi connectivity index (χ3n) is 5.61. The van der Waals surface area contributed by atoms with Gasteiger partial charge in [0.1, 0.15) is 17.7 Å². The van der Waals surface area contributed by atoms with Crippen molar-refractivity contribution in [3.05, 3.63) is 78.1 Å². The van der Waals surface area contributed by atoms with Gasteiger partial charge in [-0.25, -0.2) is 4.79 Å². The van der Waals surface area contributed by atoms with Crippen LogP contribution in [0.3, 0.4) is 0 Å². The van der Waals surface area contributed by atoms with Gasteiger partial charge in [0.15, 0.2) is 0 Å². The largest absolute Gasteiger partial charge is 0.444 e. The molecule has 0 unspecified atom stereocenters. The predicted molar refractivity (Wildman–Crippen MR) is 143 cm³/mol. The number of rotatable bonds is 4. The standard InChI is InChI=1S/C27H25ClN6O2/c1-27(2,3)36-26(35)30-20-11-8-17(9-12-20)18-6-5-7-21(14-18)33(4)24-22-13-10-19(28)15-23(22)34-16-29-32-25(34)31-24/h5-16H,1-4H3,(H,30,35). The number of carbonyl (C=O) groups excluding carboxylic acids is 1. The van der Waals surface area contributed by atoms with E-state index < -0.39 is 11.7 Å². The van der Waals surface area contributed by atoms with E-state index in [0.29, 0.717) is 16.5 Å². The topological polar surface area (TPSA) is 84.7 Å². The van der Waals surface area contributed by atoms with Gasteiger partial charge in [-0.3, -0.25) is 9.72 Å². The van der Waals surface area contributed by atoms with Crippen LogP contribution in [0.2, 0.25) is 5.02 Å². The zero-order chi connectivity index (χ0) is 25.4. The number of carbonyl (C=O) groups is 1. The van der Waals surface area contributed by atoms with Crippen molar-refractivity contribution in [1.29, 1.82) is 0 Å². The summed E-state index contributed by atoms with van der Waals surface area (Å²) >= 11 is 6.27. The summed E-state index contributed by atoms with van der Waals surface area (Å²) in [5, 5.41) is 12.5. The van der Waals surface area contributed by atoms with Crippen LogP contribution in [0.5, 0.6) is 0 Å². The van der Waals surface area contributed by atoms with Gasteiger partial charge in [-0.1, -0.05) is 35.9 Å². The van der Waals surface area contributed by atoms with E-state index in [0.717, 1.165) is 33.5 Å². The second-order valence-electron chi connectivity index (χ2n) is 9.41. The van der Waals surface area contributed by atoms with Crippen LogP contribution in [0.15, 0.2) is 73.1 Å². The predicted octanol–water partition coefficient (Wildman–Crippen LogP) is 6.71. The summed E-state index contributed by atoms with van der Waals surface area (Å²) in [6, 6.07) is 21.5. The van der Waals surface area contributed by atoms with E-state index in [-0.39, 0.29) is 0 Å².